The zero-order chi connectivity index (χ0) is 19.0. The molecule has 0 atom stereocenters. The van der Waals surface area contributed by atoms with Gasteiger partial charge in [0.25, 0.3) is 5.91 Å². The minimum atomic E-state index is -0.875. The third kappa shape index (κ3) is 3.07. The number of fused-ring (bicyclic) bond motifs is 1. The molecule has 0 saturated carbocycles. The first-order chi connectivity index (χ1) is 13.1. The predicted octanol–water partition coefficient (Wildman–Crippen LogP) is 3.01. The second-order valence-corrected chi connectivity index (χ2v) is 6.21. The monoisotopic (exact) mass is 372 g/mol. The highest BCUT2D eigenvalue weighted by Crippen LogP contribution is 2.26. The van der Waals surface area contributed by atoms with E-state index in [1.165, 1.54) is 23.4 Å². The quantitative estimate of drug-likeness (QED) is 0.694. The van der Waals surface area contributed by atoms with Gasteiger partial charge < -0.3 is 9.80 Å². The van der Waals surface area contributed by atoms with Gasteiger partial charge in [-0.3, -0.25) is 4.79 Å². The number of benzene rings is 2. The van der Waals surface area contributed by atoms with Crippen LogP contribution < -0.4 is 4.90 Å². The summed E-state index contributed by atoms with van der Waals surface area (Å²) in [7, 11) is 0. The van der Waals surface area contributed by atoms with Gasteiger partial charge in [-0.05, 0) is 24.3 Å². The molecule has 0 N–H and O–H groups in total. The van der Waals surface area contributed by atoms with Gasteiger partial charge in [-0.25, -0.2) is 23.1 Å². The zero-order valence-corrected chi connectivity index (χ0v) is 14.2. The summed E-state index contributed by atoms with van der Waals surface area (Å²) in [6.07, 6.45) is 1.30. The third-order valence-corrected chi connectivity index (χ3v) is 4.64. The van der Waals surface area contributed by atoms with E-state index < -0.39 is 28.9 Å². The minimum absolute atomic E-state index is 0.231. The van der Waals surface area contributed by atoms with Gasteiger partial charge in [0.15, 0.2) is 0 Å². The van der Waals surface area contributed by atoms with E-state index in [4.69, 9.17) is 0 Å². The summed E-state index contributed by atoms with van der Waals surface area (Å²) >= 11 is 0. The van der Waals surface area contributed by atoms with Crippen molar-refractivity contribution in [2.75, 3.05) is 31.1 Å². The maximum atomic E-state index is 13.9. The average molecular weight is 372 g/mol. The van der Waals surface area contributed by atoms with Crippen LogP contribution in [-0.4, -0.2) is 47.0 Å². The Morgan fingerprint density at radius 3 is 2.19 bits per heavy atom. The lowest BCUT2D eigenvalue weighted by atomic mass is 10.1. The number of carbonyl (C=O) groups is 1. The van der Waals surface area contributed by atoms with Gasteiger partial charge in [0, 0.05) is 31.6 Å². The summed E-state index contributed by atoms with van der Waals surface area (Å²) in [6.45, 7) is 1.36. The molecule has 5 nitrogen and oxygen atoms in total. The molecular formula is C19H15F3N4O. The maximum absolute atomic E-state index is 13.9. The lowest BCUT2D eigenvalue weighted by Gasteiger charge is -2.35. The molecule has 2 aromatic carbocycles. The standard InChI is InChI=1S/C19H15F3N4O/c20-13-4-2-5-14(21)16(13)19(27)26-9-7-25(8-10-26)18-12-3-1-6-15(22)17(12)23-11-24-18/h1-6,11H,7-10H2. The summed E-state index contributed by atoms with van der Waals surface area (Å²) < 4.78 is 41.7. The van der Waals surface area contributed by atoms with Crippen molar-refractivity contribution in [1.82, 2.24) is 14.9 Å². The summed E-state index contributed by atoms with van der Waals surface area (Å²) in [4.78, 5) is 24.0. The van der Waals surface area contributed by atoms with Gasteiger partial charge in [0.1, 0.15) is 40.7 Å². The molecule has 3 aromatic rings. The van der Waals surface area contributed by atoms with Crippen LogP contribution in [0.4, 0.5) is 19.0 Å². The minimum Gasteiger partial charge on any atom is -0.352 e. The van der Waals surface area contributed by atoms with Crippen LogP contribution in [0.2, 0.25) is 0 Å². The number of hydrogen-bond donors (Lipinski definition) is 0. The van der Waals surface area contributed by atoms with E-state index in [1.54, 1.807) is 12.1 Å². The predicted molar refractivity (Wildman–Crippen MR) is 94.0 cm³/mol. The number of halogens is 3. The van der Waals surface area contributed by atoms with E-state index in [1.807, 2.05) is 4.90 Å². The van der Waals surface area contributed by atoms with Crippen LogP contribution in [-0.2, 0) is 0 Å². The molecule has 4 rings (SSSR count). The topological polar surface area (TPSA) is 49.3 Å². The number of carbonyl (C=O) groups excluding carboxylic acids is 1. The van der Waals surface area contributed by atoms with Crippen LogP contribution in [0, 0.1) is 17.5 Å². The molecule has 1 fully saturated rings. The third-order valence-electron chi connectivity index (χ3n) is 4.64. The van der Waals surface area contributed by atoms with Crippen molar-refractivity contribution in [2.24, 2.45) is 0 Å². The first-order valence-corrected chi connectivity index (χ1v) is 8.43. The van der Waals surface area contributed by atoms with Crippen molar-refractivity contribution >= 4 is 22.6 Å². The Bertz CT molecular complexity index is 999. The maximum Gasteiger partial charge on any atom is 0.259 e. The van der Waals surface area contributed by atoms with Crippen LogP contribution in [0.15, 0.2) is 42.7 Å². The first kappa shape index (κ1) is 17.3. The molecule has 1 aliphatic rings. The number of anilines is 1. The molecular weight excluding hydrogens is 357 g/mol. The Kier molecular flexibility index (Phi) is 4.39. The van der Waals surface area contributed by atoms with E-state index in [0.29, 0.717) is 24.3 Å². The summed E-state index contributed by atoms with van der Waals surface area (Å²) in [6, 6.07) is 8.00. The molecule has 1 aromatic heterocycles. The number of rotatable bonds is 2. The van der Waals surface area contributed by atoms with Crippen molar-refractivity contribution < 1.29 is 18.0 Å². The Balaban J connectivity index is 1.55. The average Bonchev–Trinajstić information content (AvgIpc) is 2.68. The van der Waals surface area contributed by atoms with Crippen molar-refractivity contribution in [3.8, 4) is 0 Å². The van der Waals surface area contributed by atoms with Gasteiger partial charge in [-0.2, -0.15) is 0 Å². The molecule has 0 bridgehead atoms. The Morgan fingerprint density at radius 1 is 0.852 bits per heavy atom. The van der Waals surface area contributed by atoms with E-state index in [2.05, 4.69) is 9.97 Å². The van der Waals surface area contributed by atoms with Crippen molar-refractivity contribution in [3.63, 3.8) is 0 Å². The van der Waals surface area contributed by atoms with Gasteiger partial charge in [0.05, 0.1) is 0 Å². The van der Waals surface area contributed by atoms with Gasteiger partial charge in [-0.1, -0.05) is 12.1 Å². The fraction of sp³-hybridized carbons (Fsp3) is 0.211. The largest absolute Gasteiger partial charge is 0.352 e. The Hall–Kier alpha value is -3.16. The van der Waals surface area contributed by atoms with Gasteiger partial charge >= 0.3 is 0 Å². The van der Waals surface area contributed by atoms with Crippen molar-refractivity contribution in [2.45, 2.75) is 0 Å². The Labute approximate surface area is 153 Å². The molecule has 8 heteroatoms. The molecule has 1 saturated heterocycles. The highest BCUT2D eigenvalue weighted by atomic mass is 19.1. The number of nitrogens with zero attached hydrogens (tertiary/aromatic N) is 4. The number of para-hydroxylation sites is 1. The first-order valence-electron chi connectivity index (χ1n) is 8.43. The van der Waals surface area contributed by atoms with Gasteiger partial charge in [0.2, 0.25) is 0 Å². The molecule has 138 valence electrons. The molecule has 0 radical (unpaired) electrons. The van der Waals surface area contributed by atoms with Crippen LogP contribution in [0.1, 0.15) is 10.4 Å². The molecule has 0 spiro atoms. The van der Waals surface area contributed by atoms with E-state index >= 15 is 0 Å². The summed E-state index contributed by atoms with van der Waals surface area (Å²) in [5.74, 6) is -2.29. The lowest BCUT2D eigenvalue weighted by molar-refractivity contribution is 0.0736. The number of piperazine rings is 1. The number of hydrogen-bond acceptors (Lipinski definition) is 4. The van der Waals surface area contributed by atoms with Crippen LogP contribution >= 0.6 is 0 Å². The lowest BCUT2D eigenvalue weighted by Crippen LogP contribution is -2.49. The zero-order valence-electron chi connectivity index (χ0n) is 14.2. The molecule has 0 aliphatic carbocycles. The molecule has 2 heterocycles. The summed E-state index contributed by atoms with van der Waals surface area (Å²) in [5.41, 5.74) is -0.310. The van der Waals surface area contributed by atoms with Crippen LogP contribution in [0.25, 0.3) is 10.9 Å². The van der Waals surface area contributed by atoms with Crippen molar-refractivity contribution in [3.05, 3.63) is 65.7 Å². The molecule has 1 aliphatic heterocycles. The highest BCUT2D eigenvalue weighted by Gasteiger charge is 2.27. The Morgan fingerprint density at radius 2 is 1.48 bits per heavy atom. The van der Waals surface area contributed by atoms with Crippen LogP contribution in [0.5, 0.6) is 0 Å². The number of amides is 1. The van der Waals surface area contributed by atoms with Crippen molar-refractivity contribution in [1.29, 1.82) is 0 Å². The smallest absolute Gasteiger partial charge is 0.259 e. The van der Waals surface area contributed by atoms with E-state index in [0.717, 1.165) is 12.1 Å². The molecule has 0 unspecified atom stereocenters. The summed E-state index contributed by atoms with van der Waals surface area (Å²) in [5, 5.41) is 0.581. The fourth-order valence-electron chi connectivity index (χ4n) is 3.27. The number of aromatic nitrogens is 2. The SMILES string of the molecule is O=C(c1c(F)cccc1F)N1CCN(c2ncnc3c(F)cccc23)CC1. The van der Waals surface area contributed by atoms with Crippen LogP contribution in [0.3, 0.4) is 0 Å². The van der Waals surface area contributed by atoms with E-state index in [9.17, 15) is 18.0 Å². The second kappa shape index (κ2) is 6.86. The second-order valence-electron chi connectivity index (χ2n) is 6.21. The highest BCUT2D eigenvalue weighted by molar-refractivity contribution is 5.95. The van der Waals surface area contributed by atoms with E-state index in [-0.39, 0.29) is 18.6 Å². The molecule has 27 heavy (non-hydrogen) atoms. The fourth-order valence-corrected chi connectivity index (χ4v) is 3.27. The normalized spacial score (nSPS) is 14.6. The van der Waals surface area contributed by atoms with Gasteiger partial charge in [-0.15, -0.1) is 0 Å². The molecule has 1 amide bonds.